The third-order valence-corrected chi connectivity index (χ3v) is 5.75. The van der Waals surface area contributed by atoms with Crippen molar-refractivity contribution in [2.24, 2.45) is 5.73 Å². The quantitative estimate of drug-likeness (QED) is 0.161. The maximum absolute atomic E-state index is 11.3. The van der Waals surface area contributed by atoms with Crippen LogP contribution < -0.4 is 5.73 Å². The van der Waals surface area contributed by atoms with Crippen molar-refractivity contribution in [1.82, 2.24) is 28.2 Å². The molecule has 44 heavy (non-hydrogen) atoms. The van der Waals surface area contributed by atoms with Gasteiger partial charge in [-0.3, -0.25) is 18.4 Å². The molecule has 10 heteroatoms. The summed E-state index contributed by atoms with van der Waals surface area (Å²) in [5.74, 6) is 0.206. The Bertz CT molecular complexity index is 1750. The fourth-order valence-electron chi connectivity index (χ4n) is 4.18. The molecule has 6 aromatic rings. The van der Waals surface area contributed by atoms with E-state index in [9.17, 15) is 9.59 Å². The topological polar surface area (TPSA) is 116 Å². The molecule has 0 unspecified atom stereocenters. The van der Waals surface area contributed by atoms with Gasteiger partial charge in [-0.25, -0.2) is 19.4 Å². The number of nitrogens with zero attached hydrogens (tertiary/aromatic N) is 7. The van der Waals surface area contributed by atoms with Gasteiger partial charge in [-0.2, -0.15) is 0 Å². The number of primary amides is 1. The summed E-state index contributed by atoms with van der Waals surface area (Å²) >= 11 is 0. The van der Waals surface area contributed by atoms with E-state index >= 15 is 0 Å². The first-order valence-corrected chi connectivity index (χ1v) is 14.7. The summed E-state index contributed by atoms with van der Waals surface area (Å²) in [6, 6.07) is 16.9. The lowest BCUT2D eigenvalue weighted by molar-refractivity contribution is 0.0990. The molecule has 2 N–H and O–H groups in total. The zero-order valence-corrected chi connectivity index (χ0v) is 27.5. The maximum Gasteiger partial charge on any atom is 0.267 e. The predicted molar refractivity (Wildman–Crippen MR) is 179 cm³/mol. The highest BCUT2D eigenvalue weighted by Crippen LogP contribution is 2.19. The van der Waals surface area contributed by atoms with Crippen LogP contribution >= 0.6 is 0 Å². The number of rotatable bonds is 2. The van der Waals surface area contributed by atoms with Crippen LogP contribution in [0.25, 0.3) is 21.8 Å². The molecule has 0 spiro atoms. The SMILES string of the molecule is CC.CC.CC.CC(=O)c1c(C)nc2ccccn12.Cc1nc2ccccn2c1C(N)=O.[C-]#[N+]c1c(C)nc2ccccn12. The van der Waals surface area contributed by atoms with Crippen molar-refractivity contribution >= 4 is 34.4 Å². The van der Waals surface area contributed by atoms with Gasteiger partial charge < -0.3 is 10.6 Å². The number of hydrogen-bond acceptors (Lipinski definition) is 5. The maximum atomic E-state index is 11.3. The minimum atomic E-state index is -0.448. The van der Waals surface area contributed by atoms with E-state index in [1.54, 1.807) is 28.8 Å². The van der Waals surface area contributed by atoms with Crippen LogP contribution in [-0.2, 0) is 0 Å². The Kier molecular flexibility index (Phi) is 15.3. The van der Waals surface area contributed by atoms with Crippen LogP contribution in [0.2, 0.25) is 0 Å². The standard InChI is InChI=1S/C10H10N2O.C9H9N3O.C9H7N3.3C2H6/c1-7-10(8(2)13)12-6-4-3-5-9(12)11-7;1-6-8(9(10)13)12-5-3-2-4-7(12)11-6;1-7-9(10-2)12-6-4-3-5-8(12)11-7;3*1-2/h3-6H,1-2H3;2-5H,1H3,(H2,10,13);3-6H,1H3;3*1-2H3. The molecule has 0 atom stereocenters. The fraction of sp³-hybridized carbons (Fsp3) is 0.294. The lowest BCUT2D eigenvalue weighted by Crippen LogP contribution is -2.14. The van der Waals surface area contributed by atoms with Crippen molar-refractivity contribution in [3.63, 3.8) is 0 Å². The van der Waals surface area contributed by atoms with E-state index < -0.39 is 5.91 Å². The lowest BCUT2D eigenvalue weighted by atomic mass is 10.2. The molecule has 10 nitrogen and oxygen atoms in total. The van der Waals surface area contributed by atoms with Crippen molar-refractivity contribution in [3.8, 4) is 0 Å². The predicted octanol–water partition coefficient (Wildman–Crippen LogP) is 7.86. The lowest BCUT2D eigenvalue weighted by Gasteiger charge is -1.96. The normalized spacial score (nSPS) is 9.39. The highest BCUT2D eigenvalue weighted by Gasteiger charge is 2.12. The van der Waals surface area contributed by atoms with Crippen molar-refractivity contribution in [2.45, 2.75) is 69.2 Å². The second kappa shape index (κ2) is 18.3. The molecule has 0 aliphatic rings. The highest BCUT2D eigenvalue weighted by molar-refractivity contribution is 5.94. The molecular weight excluding hydrogens is 552 g/mol. The van der Waals surface area contributed by atoms with E-state index in [1.165, 1.54) is 0 Å². The van der Waals surface area contributed by atoms with Crippen LogP contribution in [0.15, 0.2) is 73.2 Å². The molecule has 6 heterocycles. The summed E-state index contributed by atoms with van der Waals surface area (Å²) in [5, 5.41) is 0. The number of fused-ring (bicyclic) bond motifs is 3. The fourth-order valence-corrected chi connectivity index (χ4v) is 4.18. The van der Waals surface area contributed by atoms with Gasteiger partial charge >= 0.3 is 0 Å². The molecule has 0 aliphatic heterocycles. The van der Waals surface area contributed by atoms with Crippen molar-refractivity contribution in [1.29, 1.82) is 0 Å². The second-order valence-electron chi connectivity index (χ2n) is 8.43. The Labute approximate surface area is 260 Å². The molecule has 6 rings (SSSR count). The van der Waals surface area contributed by atoms with Crippen LogP contribution in [0.5, 0.6) is 0 Å². The number of hydrogen-bond donors (Lipinski definition) is 1. The van der Waals surface area contributed by atoms with Crippen LogP contribution in [-0.4, -0.2) is 39.8 Å². The number of carbonyl (C=O) groups is 2. The summed E-state index contributed by atoms with van der Waals surface area (Å²) in [6.07, 6.45) is 5.48. The third-order valence-electron chi connectivity index (χ3n) is 5.75. The van der Waals surface area contributed by atoms with Crippen LogP contribution in [0.4, 0.5) is 5.82 Å². The average molecular weight is 597 g/mol. The number of imidazole rings is 3. The van der Waals surface area contributed by atoms with Crippen LogP contribution in [0, 0.1) is 27.3 Å². The Balaban J connectivity index is 0.000000304. The molecule has 0 bridgehead atoms. The highest BCUT2D eigenvalue weighted by atomic mass is 16.1. The van der Waals surface area contributed by atoms with Crippen LogP contribution in [0.3, 0.4) is 0 Å². The van der Waals surface area contributed by atoms with Crippen LogP contribution in [0.1, 0.15) is 86.5 Å². The Hall–Kier alpha value is -5.30. The number of amides is 1. The number of aryl methyl sites for hydroxylation is 3. The largest absolute Gasteiger partial charge is 0.364 e. The first-order valence-electron chi connectivity index (χ1n) is 14.7. The van der Waals surface area contributed by atoms with Gasteiger partial charge in [0.15, 0.2) is 5.78 Å². The minimum absolute atomic E-state index is 0.0520. The van der Waals surface area contributed by atoms with E-state index in [4.69, 9.17) is 12.3 Å². The van der Waals surface area contributed by atoms with Crippen molar-refractivity contribution < 1.29 is 9.59 Å². The number of pyridine rings is 3. The zero-order chi connectivity index (χ0) is 33.4. The summed E-state index contributed by atoms with van der Waals surface area (Å²) in [6.45, 7) is 26.0. The van der Waals surface area contributed by atoms with E-state index in [-0.39, 0.29) is 5.78 Å². The van der Waals surface area contributed by atoms with Gasteiger partial charge in [0.2, 0.25) is 5.65 Å². The number of nitrogens with two attached hydrogens (primary N) is 1. The van der Waals surface area contributed by atoms with Gasteiger partial charge in [-0.15, -0.1) is 0 Å². The molecule has 0 saturated carbocycles. The second-order valence-corrected chi connectivity index (χ2v) is 8.43. The summed E-state index contributed by atoms with van der Waals surface area (Å²) in [5.41, 5.74) is 11.0. The number of Topliss-reactive ketones (excluding diaryl/α,β-unsaturated/α-hetero) is 1. The monoisotopic (exact) mass is 596 g/mol. The smallest absolute Gasteiger partial charge is 0.267 e. The molecular formula is C34H44N8O2. The first-order chi connectivity index (χ1) is 21.2. The molecule has 0 radical (unpaired) electrons. The van der Waals surface area contributed by atoms with E-state index in [0.717, 1.165) is 28.3 Å². The van der Waals surface area contributed by atoms with Gasteiger partial charge in [0.25, 0.3) is 11.7 Å². The minimum Gasteiger partial charge on any atom is -0.364 e. The van der Waals surface area contributed by atoms with Gasteiger partial charge in [-0.05, 0) is 51.1 Å². The molecule has 0 aromatic carbocycles. The van der Waals surface area contributed by atoms with Gasteiger partial charge in [-0.1, -0.05) is 66.3 Å². The molecule has 0 fully saturated rings. The Morgan fingerprint density at radius 1 is 0.636 bits per heavy atom. The van der Waals surface area contributed by atoms with Gasteiger partial charge in [0.1, 0.15) is 22.7 Å². The Morgan fingerprint density at radius 3 is 1.41 bits per heavy atom. The molecule has 232 valence electrons. The third kappa shape index (κ3) is 8.61. The first kappa shape index (κ1) is 36.7. The summed E-state index contributed by atoms with van der Waals surface area (Å²) in [7, 11) is 0. The molecule has 0 aliphatic carbocycles. The van der Waals surface area contributed by atoms with Crippen molar-refractivity contribution in [3.05, 3.63) is 113 Å². The van der Waals surface area contributed by atoms with Gasteiger partial charge in [0.05, 0.1) is 23.3 Å². The number of aromatic nitrogens is 6. The number of ketones is 1. The summed E-state index contributed by atoms with van der Waals surface area (Å²) in [4.78, 5) is 38.5. The van der Waals surface area contributed by atoms with Crippen molar-refractivity contribution in [2.75, 3.05) is 0 Å². The molecule has 6 aromatic heterocycles. The molecule has 0 saturated heterocycles. The molecule has 1 amide bonds. The van der Waals surface area contributed by atoms with E-state index in [2.05, 4.69) is 19.8 Å². The van der Waals surface area contributed by atoms with E-state index in [0.29, 0.717) is 22.9 Å². The number of carbonyl (C=O) groups excluding carboxylic acids is 2. The van der Waals surface area contributed by atoms with E-state index in [1.807, 2.05) is 127 Å². The van der Waals surface area contributed by atoms with Gasteiger partial charge in [0, 0.05) is 25.4 Å². The summed E-state index contributed by atoms with van der Waals surface area (Å²) < 4.78 is 5.30. The Morgan fingerprint density at radius 2 is 1.00 bits per heavy atom. The zero-order valence-electron chi connectivity index (χ0n) is 27.5. The average Bonchev–Trinajstić information content (AvgIpc) is 3.68.